The Hall–Kier alpha value is -2.43. The Kier molecular flexibility index (Phi) is 4.32. The fraction of sp³-hybridized carbons (Fsp3) is 0.353. The normalized spacial score (nSPS) is 18.5. The largest absolute Gasteiger partial charge is 0.338 e. The summed E-state index contributed by atoms with van der Waals surface area (Å²) in [6.45, 7) is 1.98. The van der Waals surface area contributed by atoms with Crippen LogP contribution in [-0.2, 0) is 17.9 Å². The van der Waals surface area contributed by atoms with E-state index < -0.39 is 0 Å². The van der Waals surface area contributed by atoms with Crippen LogP contribution in [0.3, 0.4) is 0 Å². The van der Waals surface area contributed by atoms with Gasteiger partial charge in [-0.25, -0.2) is 0 Å². The molecule has 0 aliphatic carbocycles. The van der Waals surface area contributed by atoms with E-state index in [0.29, 0.717) is 32.0 Å². The van der Waals surface area contributed by atoms with Gasteiger partial charge in [0.25, 0.3) is 5.56 Å². The van der Waals surface area contributed by atoms with Crippen molar-refractivity contribution in [1.82, 2.24) is 14.5 Å². The molecule has 1 aromatic carbocycles. The van der Waals surface area contributed by atoms with Gasteiger partial charge in [0.2, 0.25) is 5.91 Å². The molecule has 1 atom stereocenters. The number of rotatable bonds is 4. The molecule has 2 heterocycles. The third-order valence-corrected chi connectivity index (χ3v) is 4.07. The molecule has 1 unspecified atom stereocenters. The lowest BCUT2D eigenvalue weighted by Gasteiger charge is -2.33. The van der Waals surface area contributed by atoms with Gasteiger partial charge >= 0.3 is 0 Å². The molecular formula is C17H19N3O2. The Labute approximate surface area is 129 Å². The van der Waals surface area contributed by atoms with E-state index in [-0.39, 0.29) is 11.5 Å². The number of hydrogen-bond acceptors (Lipinski definition) is 3. The van der Waals surface area contributed by atoms with Crippen LogP contribution in [0.5, 0.6) is 0 Å². The highest BCUT2D eigenvalue weighted by Gasteiger charge is 2.26. The second-order valence-corrected chi connectivity index (χ2v) is 5.73. The molecule has 2 aromatic rings. The molecule has 0 saturated carbocycles. The highest BCUT2D eigenvalue weighted by molar-refractivity contribution is 5.76. The van der Waals surface area contributed by atoms with Gasteiger partial charge < -0.3 is 9.47 Å². The molecular weight excluding hydrogens is 278 g/mol. The zero-order valence-electron chi connectivity index (χ0n) is 12.4. The van der Waals surface area contributed by atoms with E-state index in [1.807, 2.05) is 35.2 Å². The Morgan fingerprint density at radius 1 is 1.18 bits per heavy atom. The maximum absolute atomic E-state index is 12.1. The summed E-state index contributed by atoms with van der Waals surface area (Å²) in [7, 11) is 0. The van der Waals surface area contributed by atoms with Gasteiger partial charge in [0.05, 0.1) is 6.20 Å². The van der Waals surface area contributed by atoms with Crippen molar-refractivity contribution < 1.29 is 4.79 Å². The Morgan fingerprint density at radius 2 is 2.00 bits per heavy atom. The summed E-state index contributed by atoms with van der Waals surface area (Å²) in [5.41, 5.74) is 1.05. The number of hydrogen-bond donors (Lipinski definition) is 0. The summed E-state index contributed by atoms with van der Waals surface area (Å²) in [5.74, 6) is 0.503. The van der Waals surface area contributed by atoms with Gasteiger partial charge in [-0.1, -0.05) is 30.3 Å². The summed E-state index contributed by atoms with van der Waals surface area (Å²) >= 11 is 0. The summed E-state index contributed by atoms with van der Waals surface area (Å²) in [5, 5.41) is 0. The second kappa shape index (κ2) is 6.56. The first-order valence-corrected chi connectivity index (χ1v) is 7.54. The lowest BCUT2D eigenvalue weighted by Crippen LogP contribution is -2.41. The monoisotopic (exact) mass is 297 g/mol. The van der Waals surface area contributed by atoms with Crippen molar-refractivity contribution in [2.75, 3.05) is 6.54 Å². The van der Waals surface area contributed by atoms with Crippen LogP contribution in [0.2, 0.25) is 0 Å². The first kappa shape index (κ1) is 14.5. The van der Waals surface area contributed by atoms with Crippen molar-refractivity contribution in [2.24, 2.45) is 5.92 Å². The molecule has 1 aromatic heterocycles. The van der Waals surface area contributed by atoms with Gasteiger partial charge in [0.15, 0.2) is 0 Å². The number of piperidine rings is 1. The molecule has 3 rings (SSSR count). The highest BCUT2D eigenvalue weighted by Crippen LogP contribution is 2.20. The second-order valence-electron chi connectivity index (χ2n) is 5.73. The number of nitrogens with zero attached hydrogens (tertiary/aromatic N) is 3. The standard InChI is InChI=1S/C17H19N3O2/c21-16-7-6-15(12-19-9-8-18-10-17(19)22)13-20(16)11-14-4-2-1-3-5-14/h1-5,8-10,15H,6-7,11-13H2. The highest BCUT2D eigenvalue weighted by atomic mass is 16.2. The van der Waals surface area contributed by atoms with Gasteiger partial charge in [-0.3, -0.25) is 14.6 Å². The van der Waals surface area contributed by atoms with E-state index in [4.69, 9.17) is 0 Å². The van der Waals surface area contributed by atoms with E-state index >= 15 is 0 Å². The molecule has 0 bridgehead atoms. The summed E-state index contributed by atoms with van der Waals surface area (Å²) in [6, 6.07) is 10.0. The van der Waals surface area contributed by atoms with Gasteiger partial charge in [0, 0.05) is 38.4 Å². The molecule has 0 spiro atoms. The lowest BCUT2D eigenvalue weighted by molar-refractivity contribution is -0.135. The van der Waals surface area contributed by atoms with Crippen LogP contribution >= 0.6 is 0 Å². The molecule has 1 amide bonds. The molecule has 22 heavy (non-hydrogen) atoms. The smallest absolute Gasteiger partial charge is 0.268 e. The summed E-state index contributed by atoms with van der Waals surface area (Å²) < 4.78 is 1.67. The molecule has 1 saturated heterocycles. The number of benzene rings is 1. The molecule has 1 fully saturated rings. The van der Waals surface area contributed by atoms with Gasteiger partial charge in [-0.15, -0.1) is 0 Å². The SMILES string of the molecule is O=C1CCC(Cn2ccncc2=O)CN1Cc1ccccc1. The van der Waals surface area contributed by atoms with E-state index in [1.54, 1.807) is 17.0 Å². The van der Waals surface area contributed by atoms with Crippen LogP contribution in [-0.4, -0.2) is 26.9 Å². The number of aromatic nitrogens is 2. The van der Waals surface area contributed by atoms with Gasteiger partial charge in [0.1, 0.15) is 0 Å². The Balaban J connectivity index is 1.67. The fourth-order valence-electron chi connectivity index (χ4n) is 2.90. The average Bonchev–Trinajstić information content (AvgIpc) is 2.54. The number of carbonyl (C=O) groups excluding carboxylic acids is 1. The zero-order chi connectivity index (χ0) is 15.4. The molecule has 1 aliphatic rings. The van der Waals surface area contributed by atoms with Crippen molar-refractivity contribution in [3.63, 3.8) is 0 Å². The predicted molar refractivity (Wildman–Crippen MR) is 83.1 cm³/mol. The van der Waals surface area contributed by atoms with Crippen LogP contribution in [0.4, 0.5) is 0 Å². The third kappa shape index (κ3) is 3.42. The number of likely N-dealkylation sites (tertiary alicyclic amines) is 1. The number of amides is 1. The number of carbonyl (C=O) groups is 1. The van der Waals surface area contributed by atoms with E-state index in [0.717, 1.165) is 12.0 Å². The van der Waals surface area contributed by atoms with Crippen LogP contribution in [0.25, 0.3) is 0 Å². The lowest BCUT2D eigenvalue weighted by atomic mass is 9.97. The molecule has 5 nitrogen and oxygen atoms in total. The van der Waals surface area contributed by atoms with Crippen molar-refractivity contribution in [2.45, 2.75) is 25.9 Å². The molecule has 114 valence electrons. The third-order valence-electron chi connectivity index (χ3n) is 4.07. The molecule has 0 radical (unpaired) electrons. The predicted octanol–water partition coefficient (Wildman–Crippen LogP) is 1.68. The van der Waals surface area contributed by atoms with Gasteiger partial charge in [-0.05, 0) is 17.9 Å². The molecule has 0 N–H and O–H groups in total. The minimum atomic E-state index is -0.0889. The topological polar surface area (TPSA) is 55.2 Å². The average molecular weight is 297 g/mol. The molecule has 1 aliphatic heterocycles. The zero-order valence-corrected chi connectivity index (χ0v) is 12.4. The Morgan fingerprint density at radius 3 is 2.77 bits per heavy atom. The van der Waals surface area contributed by atoms with Crippen LogP contribution < -0.4 is 5.56 Å². The molecule has 5 heteroatoms. The summed E-state index contributed by atoms with van der Waals surface area (Å²) in [4.78, 5) is 29.6. The van der Waals surface area contributed by atoms with E-state index in [2.05, 4.69) is 4.98 Å². The van der Waals surface area contributed by atoms with Crippen molar-refractivity contribution in [1.29, 1.82) is 0 Å². The van der Waals surface area contributed by atoms with Crippen LogP contribution in [0, 0.1) is 5.92 Å². The maximum Gasteiger partial charge on any atom is 0.268 e. The van der Waals surface area contributed by atoms with Crippen LogP contribution in [0.15, 0.2) is 53.7 Å². The Bertz CT molecular complexity index is 696. The first-order chi connectivity index (χ1) is 10.7. The van der Waals surface area contributed by atoms with E-state index in [9.17, 15) is 9.59 Å². The minimum absolute atomic E-state index is 0.0889. The van der Waals surface area contributed by atoms with Gasteiger partial charge in [-0.2, -0.15) is 0 Å². The quantitative estimate of drug-likeness (QED) is 0.863. The van der Waals surface area contributed by atoms with Crippen molar-refractivity contribution >= 4 is 5.91 Å². The maximum atomic E-state index is 12.1. The minimum Gasteiger partial charge on any atom is -0.338 e. The van der Waals surface area contributed by atoms with Crippen molar-refractivity contribution in [3.8, 4) is 0 Å². The first-order valence-electron chi connectivity index (χ1n) is 7.54. The van der Waals surface area contributed by atoms with E-state index in [1.165, 1.54) is 6.20 Å². The van der Waals surface area contributed by atoms with Crippen molar-refractivity contribution in [3.05, 3.63) is 64.8 Å². The fourth-order valence-corrected chi connectivity index (χ4v) is 2.90. The van der Waals surface area contributed by atoms with Crippen LogP contribution in [0.1, 0.15) is 18.4 Å². The summed E-state index contributed by atoms with van der Waals surface area (Å²) in [6.07, 6.45) is 6.04.